The molecule has 5 rings (SSSR count). The Morgan fingerprint density at radius 1 is 0.327 bits per heavy atom. The zero-order chi connectivity index (χ0) is 37.9. The first-order chi connectivity index (χ1) is 24.4. The summed E-state index contributed by atoms with van der Waals surface area (Å²) in [7, 11) is -17.5. The fourth-order valence-electron chi connectivity index (χ4n) is 5.78. The minimum atomic E-state index is -4.53. The van der Waals surface area contributed by atoms with Gasteiger partial charge in [0.25, 0.3) is 20.0 Å². The fraction of sp³-hybridized carbons (Fsp3) is 0.333. The smallest absolute Gasteiger partial charge is 0.207 e. The van der Waals surface area contributed by atoms with E-state index in [0.29, 0.717) is 0 Å². The predicted molar refractivity (Wildman–Crippen MR) is 199 cm³/mol. The van der Waals surface area contributed by atoms with Gasteiger partial charge in [-0.05, 0) is 89.1 Å². The van der Waals surface area contributed by atoms with Crippen LogP contribution in [0.15, 0.2) is 117 Å². The molecular formula is C36H44N4O8S4. The van der Waals surface area contributed by atoms with Crippen molar-refractivity contribution in [1.82, 2.24) is 17.4 Å². The van der Waals surface area contributed by atoms with Gasteiger partial charge >= 0.3 is 0 Å². The van der Waals surface area contributed by atoms with Crippen molar-refractivity contribution in [2.24, 2.45) is 0 Å². The van der Waals surface area contributed by atoms with Crippen molar-refractivity contribution in [3.05, 3.63) is 119 Å². The van der Waals surface area contributed by atoms with Crippen molar-refractivity contribution in [2.45, 2.75) is 60.1 Å². The molecule has 0 unspecified atom stereocenters. The summed E-state index contributed by atoms with van der Waals surface area (Å²) in [4.78, 5) is -0.319. The van der Waals surface area contributed by atoms with Crippen molar-refractivity contribution in [1.29, 1.82) is 0 Å². The van der Waals surface area contributed by atoms with Gasteiger partial charge < -0.3 is 0 Å². The van der Waals surface area contributed by atoms with Crippen LogP contribution in [0.5, 0.6) is 0 Å². The lowest BCUT2D eigenvalue weighted by Crippen LogP contribution is -2.52. The van der Waals surface area contributed by atoms with Crippen LogP contribution >= 0.6 is 0 Å². The first-order valence-corrected chi connectivity index (χ1v) is 22.5. The highest BCUT2D eigenvalue weighted by molar-refractivity contribution is 7.92. The van der Waals surface area contributed by atoms with E-state index in [9.17, 15) is 33.7 Å². The quantitative estimate of drug-likeness (QED) is 0.250. The molecule has 0 N–H and O–H groups in total. The van der Waals surface area contributed by atoms with Gasteiger partial charge in [0.05, 0.1) is 19.6 Å². The molecule has 0 aromatic heterocycles. The summed E-state index contributed by atoms with van der Waals surface area (Å²) in [5.41, 5.74) is 3.27. The molecule has 1 aliphatic rings. The zero-order valence-electron chi connectivity index (χ0n) is 29.6. The molecule has 4 aromatic carbocycles. The van der Waals surface area contributed by atoms with E-state index in [1.54, 1.807) is 62.4 Å². The van der Waals surface area contributed by atoms with Crippen molar-refractivity contribution in [2.75, 3.05) is 39.3 Å². The van der Waals surface area contributed by atoms with Crippen LogP contribution in [-0.4, -0.2) is 90.4 Å². The lowest BCUT2D eigenvalue weighted by atomic mass is 10.2. The highest BCUT2D eigenvalue weighted by atomic mass is 32.2. The third-order valence-electron chi connectivity index (χ3n) is 8.87. The molecule has 4 aromatic rings. The van der Waals surface area contributed by atoms with Gasteiger partial charge in [0.1, 0.15) is 0 Å². The molecule has 1 saturated heterocycles. The van der Waals surface area contributed by atoms with Crippen molar-refractivity contribution in [3.63, 3.8) is 0 Å². The fourth-order valence-corrected chi connectivity index (χ4v) is 12.1. The molecule has 1 heterocycles. The number of hydrogen-bond donors (Lipinski definition) is 0. The molecule has 0 radical (unpaired) electrons. The summed E-state index contributed by atoms with van der Waals surface area (Å²) in [6.45, 7) is 5.55. The Bertz CT molecular complexity index is 2130. The van der Waals surface area contributed by atoms with Crippen LogP contribution in [0.2, 0.25) is 0 Å². The predicted octanol–water partition coefficient (Wildman–Crippen LogP) is 4.69. The van der Waals surface area contributed by atoms with Gasteiger partial charge in [-0.25, -0.2) is 33.7 Å². The molecule has 1 fully saturated rings. The molecule has 280 valence electrons. The summed E-state index contributed by atoms with van der Waals surface area (Å²) in [6.07, 6.45) is -0.221. The van der Waals surface area contributed by atoms with Crippen molar-refractivity contribution in [3.8, 4) is 0 Å². The first kappa shape index (κ1) is 39.7. The topological polar surface area (TPSA) is 150 Å². The van der Waals surface area contributed by atoms with E-state index < -0.39 is 40.1 Å². The molecule has 16 heteroatoms. The van der Waals surface area contributed by atoms with Crippen LogP contribution in [0.4, 0.5) is 0 Å². The van der Waals surface area contributed by atoms with Gasteiger partial charge in [-0.2, -0.15) is 8.61 Å². The zero-order valence-corrected chi connectivity index (χ0v) is 32.8. The third-order valence-corrected chi connectivity index (χ3v) is 16.4. The molecule has 52 heavy (non-hydrogen) atoms. The second kappa shape index (κ2) is 15.9. The second-order valence-electron chi connectivity index (χ2n) is 12.9. The summed E-state index contributed by atoms with van der Waals surface area (Å²) in [6, 6.07) is 24.4. The highest BCUT2D eigenvalue weighted by Gasteiger charge is 2.39. The lowest BCUT2D eigenvalue weighted by molar-refractivity contribution is 0.148. The second-order valence-corrected chi connectivity index (χ2v) is 20.4. The average molecular weight is 789 g/mol. The van der Waals surface area contributed by atoms with E-state index in [4.69, 9.17) is 0 Å². The number of benzene rings is 4. The van der Waals surface area contributed by atoms with Crippen LogP contribution in [0.1, 0.15) is 35.1 Å². The van der Waals surface area contributed by atoms with Crippen molar-refractivity contribution < 1.29 is 33.7 Å². The third kappa shape index (κ3) is 8.66. The van der Waals surface area contributed by atoms with Crippen LogP contribution in [0, 0.1) is 27.7 Å². The highest BCUT2D eigenvalue weighted by Crippen LogP contribution is 2.28. The summed E-state index contributed by atoms with van der Waals surface area (Å²) >= 11 is 0. The number of sulfonamides is 4. The number of nitrogens with zero attached hydrogens (tertiary/aromatic N) is 4. The molecule has 0 atom stereocenters. The summed E-state index contributed by atoms with van der Waals surface area (Å²) in [5, 5.41) is 0. The first-order valence-electron chi connectivity index (χ1n) is 16.8. The minimum absolute atomic E-state index is 0.00848. The van der Waals surface area contributed by atoms with Crippen LogP contribution in [0.3, 0.4) is 0 Å². The summed E-state index contributed by atoms with van der Waals surface area (Å²) < 4.78 is 118. The van der Waals surface area contributed by atoms with Gasteiger partial charge in [-0.3, -0.25) is 0 Å². The number of aryl methyl sites for hydroxylation is 4. The maximum absolute atomic E-state index is 14.4. The van der Waals surface area contributed by atoms with E-state index in [-0.39, 0.29) is 71.7 Å². The van der Waals surface area contributed by atoms with E-state index in [2.05, 4.69) is 0 Å². The Kier molecular flexibility index (Phi) is 12.1. The maximum atomic E-state index is 14.4. The molecule has 12 nitrogen and oxygen atoms in total. The Balaban J connectivity index is 1.63. The minimum Gasteiger partial charge on any atom is -0.207 e. The van der Waals surface area contributed by atoms with Gasteiger partial charge in [0.15, 0.2) is 0 Å². The standard InChI is InChI=1S/C36H44N4O8S4/c1-29-7-15-33(16-8-29)49(41,42)37-23-5-25-39(51(45,46)35-19-11-31(3)12-20-35)40(52(47,48)36-21-13-32(4)14-22-36)26-6-24-38(28-27-37)50(43,44)34-17-9-30(2)10-18-34/h7-22H,5-6,23-28H2,1-4H3. The lowest BCUT2D eigenvalue weighted by Gasteiger charge is -2.35. The molecule has 0 saturated carbocycles. The Morgan fingerprint density at radius 2 is 0.558 bits per heavy atom. The number of rotatable bonds is 8. The Hall–Kier alpha value is -3.48. The Labute approximate surface area is 308 Å². The number of hydrogen-bond acceptors (Lipinski definition) is 8. The van der Waals surface area contributed by atoms with Gasteiger partial charge in [0, 0.05) is 39.3 Å². The SMILES string of the molecule is Cc1ccc(S(=O)(=O)N2CCCN(S(=O)(=O)c3ccc(C)cc3)N(S(=O)(=O)c3ccc(C)cc3)CCCN(S(=O)(=O)c3ccc(C)cc3)CC2)cc1. The average Bonchev–Trinajstić information content (AvgIpc) is 3.09. The van der Waals surface area contributed by atoms with E-state index in [1.807, 2.05) is 13.8 Å². The maximum Gasteiger partial charge on any atom is 0.256 e. The Morgan fingerprint density at radius 3 is 0.808 bits per heavy atom. The number of hydrazine groups is 1. The van der Waals surface area contributed by atoms with Gasteiger partial charge in [-0.15, -0.1) is 8.83 Å². The van der Waals surface area contributed by atoms with Crippen molar-refractivity contribution >= 4 is 40.1 Å². The van der Waals surface area contributed by atoms with Crippen LogP contribution in [0.25, 0.3) is 0 Å². The molecule has 0 spiro atoms. The molecule has 1 aliphatic heterocycles. The normalized spacial score (nSPS) is 17.3. The molecule has 0 aliphatic carbocycles. The summed E-state index contributed by atoms with van der Waals surface area (Å²) in [5.74, 6) is 0. The van der Waals surface area contributed by atoms with E-state index in [1.165, 1.54) is 48.5 Å². The van der Waals surface area contributed by atoms with Gasteiger partial charge in [-0.1, -0.05) is 70.8 Å². The largest absolute Gasteiger partial charge is 0.256 e. The molecule has 0 bridgehead atoms. The van der Waals surface area contributed by atoms with E-state index >= 15 is 0 Å². The van der Waals surface area contributed by atoms with Crippen LogP contribution in [-0.2, 0) is 40.1 Å². The van der Waals surface area contributed by atoms with Gasteiger partial charge in [0.2, 0.25) is 20.0 Å². The molecular weight excluding hydrogens is 745 g/mol. The monoisotopic (exact) mass is 788 g/mol. The van der Waals surface area contributed by atoms with Crippen LogP contribution < -0.4 is 0 Å². The van der Waals surface area contributed by atoms with E-state index in [0.717, 1.165) is 39.7 Å². The molecule has 0 amide bonds.